The molecule has 0 amide bonds. The number of aromatic nitrogens is 2. The summed E-state index contributed by atoms with van der Waals surface area (Å²) < 4.78 is 10.7. The Labute approximate surface area is 192 Å². The summed E-state index contributed by atoms with van der Waals surface area (Å²) in [6.07, 6.45) is 4.02. The fourth-order valence-electron chi connectivity index (χ4n) is 3.55. The second kappa shape index (κ2) is 9.96. The molecule has 0 radical (unpaired) electrons. The van der Waals surface area contributed by atoms with E-state index in [9.17, 15) is 9.59 Å². The van der Waals surface area contributed by atoms with Crippen molar-refractivity contribution in [3.8, 4) is 22.9 Å². The first-order valence-corrected chi connectivity index (χ1v) is 10.6. The lowest BCUT2D eigenvalue weighted by Gasteiger charge is -2.08. The van der Waals surface area contributed by atoms with E-state index < -0.39 is 5.97 Å². The molecule has 4 rings (SSSR count). The molecule has 1 N–H and O–H groups in total. The van der Waals surface area contributed by atoms with Crippen molar-refractivity contribution in [2.75, 3.05) is 7.11 Å². The van der Waals surface area contributed by atoms with Gasteiger partial charge in [-0.2, -0.15) is 0 Å². The first-order chi connectivity index (χ1) is 16.0. The number of aromatic amines is 1. The molecule has 0 atom stereocenters. The normalized spacial score (nSPS) is 10.6. The van der Waals surface area contributed by atoms with Crippen LogP contribution < -0.4 is 4.74 Å². The van der Waals surface area contributed by atoms with Gasteiger partial charge in [-0.1, -0.05) is 42.0 Å². The molecule has 0 fully saturated rings. The molecule has 0 spiro atoms. The first-order valence-electron chi connectivity index (χ1n) is 10.6. The van der Waals surface area contributed by atoms with Gasteiger partial charge in [0.1, 0.15) is 17.3 Å². The van der Waals surface area contributed by atoms with Crippen LogP contribution in [0, 0.1) is 6.92 Å². The van der Waals surface area contributed by atoms with E-state index in [4.69, 9.17) is 9.47 Å². The van der Waals surface area contributed by atoms with Crippen LogP contribution >= 0.6 is 0 Å². The average Bonchev–Trinajstić information content (AvgIpc) is 3.30. The van der Waals surface area contributed by atoms with Gasteiger partial charge in [-0.05, 0) is 42.3 Å². The van der Waals surface area contributed by atoms with Crippen LogP contribution in [0.4, 0.5) is 0 Å². The number of hydrogen-bond acceptors (Lipinski definition) is 5. The van der Waals surface area contributed by atoms with E-state index in [1.165, 1.54) is 7.11 Å². The summed E-state index contributed by atoms with van der Waals surface area (Å²) >= 11 is 0. The number of esters is 1. The Bertz CT molecular complexity index is 1280. The number of methoxy groups -OCH3 is 1. The Morgan fingerprint density at radius 2 is 1.70 bits per heavy atom. The SMILES string of the molecule is COC(=O)c1c[nH]c(-c2cc(Oc3ccc(CC(=O)Cc4cccc(C)c4)cc3)ccn2)c1. The number of carbonyl (C=O) groups is 2. The number of Topliss-reactive ketones (excluding diaryl/α,β-unsaturated/α-hetero) is 1. The molecule has 6 heteroatoms. The van der Waals surface area contributed by atoms with Gasteiger partial charge in [-0.25, -0.2) is 4.79 Å². The van der Waals surface area contributed by atoms with Crippen LogP contribution in [0.15, 0.2) is 79.1 Å². The third kappa shape index (κ3) is 5.74. The fraction of sp³-hybridized carbons (Fsp3) is 0.148. The lowest BCUT2D eigenvalue weighted by molar-refractivity contribution is -0.117. The molecular formula is C27H24N2O4. The second-order valence-corrected chi connectivity index (χ2v) is 7.80. The minimum Gasteiger partial charge on any atom is -0.465 e. The minimum atomic E-state index is -0.414. The Hall–Kier alpha value is -4.19. The Morgan fingerprint density at radius 3 is 2.45 bits per heavy atom. The number of hydrogen-bond donors (Lipinski definition) is 1. The Morgan fingerprint density at radius 1 is 0.909 bits per heavy atom. The standard InChI is InChI=1S/C27H24N2O4/c1-18-4-3-5-20(12-18)14-22(30)13-19-6-8-23(9-7-19)33-24-10-11-28-26(16-24)25-15-21(17-29-25)27(31)32-2/h3-12,15-17,29H,13-14H2,1-2H3. The third-order valence-electron chi connectivity index (χ3n) is 5.16. The highest BCUT2D eigenvalue weighted by atomic mass is 16.5. The molecule has 2 aromatic heterocycles. The predicted molar refractivity (Wildman–Crippen MR) is 125 cm³/mol. The smallest absolute Gasteiger partial charge is 0.339 e. The zero-order valence-corrected chi connectivity index (χ0v) is 18.5. The maximum atomic E-state index is 12.4. The number of rotatable bonds is 8. The molecule has 2 aromatic carbocycles. The van der Waals surface area contributed by atoms with Gasteiger partial charge in [0.15, 0.2) is 0 Å². The minimum absolute atomic E-state index is 0.172. The number of aryl methyl sites for hydroxylation is 1. The first kappa shape index (κ1) is 22.0. The van der Waals surface area contributed by atoms with E-state index in [0.29, 0.717) is 41.3 Å². The average molecular weight is 440 g/mol. The van der Waals surface area contributed by atoms with E-state index in [0.717, 1.165) is 16.7 Å². The quantitative estimate of drug-likeness (QED) is 0.375. The molecule has 0 aliphatic rings. The molecule has 33 heavy (non-hydrogen) atoms. The number of ether oxygens (including phenoxy) is 2. The maximum Gasteiger partial charge on any atom is 0.339 e. The van der Waals surface area contributed by atoms with Gasteiger partial charge in [0.2, 0.25) is 0 Å². The van der Waals surface area contributed by atoms with Crippen LogP contribution in [0.25, 0.3) is 11.4 Å². The number of H-pyrrole nitrogens is 1. The number of benzene rings is 2. The molecule has 0 aliphatic carbocycles. The van der Waals surface area contributed by atoms with Crippen LogP contribution in [0.2, 0.25) is 0 Å². The highest BCUT2D eigenvalue weighted by Gasteiger charge is 2.11. The molecule has 0 aliphatic heterocycles. The van der Waals surface area contributed by atoms with Gasteiger partial charge in [0.25, 0.3) is 0 Å². The van der Waals surface area contributed by atoms with Crippen molar-refractivity contribution in [2.24, 2.45) is 0 Å². The lowest BCUT2D eigenvalue weighted by Crippen LogP contribution is -2.06. The summed E-state index contributed by atoms with van der Waals surface area (Å²) in [5.41, 5.74) is 4.88. The van der Waals surface area contributed by atoms with E-state index in [1.54, 1.807) is 30.6 Å². The van der Waals surface area contributed by atoms with Gasteiger partial charge < -0.3 is 14.5 Å². The number of ketones is 1. The van der Waals surface area contributed by atoms with Crippen molar-refractivity contribution in [1.29, 1.82) is 0 Å². The van der Waals surface area contributed by atoms with E-state index in [-0.39, 0.29) is 5.78 Å². The summed E-state index contributed by atoms with van der Waals surface area (Å²) in [6, 6.07) is 20.7. The molecule has 0 bridgehead atoms. The van der Waals surface area contributed by atoms with Crippen LogP contribution in [0.5, 0.6) is 11.5 Å². The lowest BCUT2D eigenvalue weighted by atomic mass is 10.0. The Kier molecular flexibility index (Phi) is 6.64. The van der Waals surface area contributed by atoms with E-state index in [2.05, 4.69) is 9.97 Å². The predicted octanol–water partition coefficient (Wildman–Crippen LogP) is 5.32. The number of nitrogens with zero attached hydrogens (tertiary/aromatic N) is 1. The molecule has 166 valence electrons. The zero-order chi connectivity index (χ0) is 23.2. The van der Waals surface area contributed by atoms with Gasteiger partial charge in [0, 0.05) is 31.3 Å². The summed E-state index contributed by atoms with van der Waals surface area (Å²) in [7, 11) is 1.34. The summed E-state index contributed by atoms with van der Waals surface area (Å²) in [5, 5.41) is 0. The highest BCUT2D eigenvalue weighted by Crippen LogP contribution is 2.26. The zero-order valence-electron chi connectivity index (χ0n) is 18.5. The molecule has 2 heterocycles. The van der Waals surface area contributed by atoms with Crippen LogP contribution in [0.3, 0.4) is 0 Å². The van der Waals surface area contributed by atoms with Gasteiger partial charge in [0.05, 0.1) is 24.1 Å². The molecule has 4 aromatic rings. The summed E-state index contributed by atoms with van der Waals surface area (Å²) in [6.45, 7) is 2.02. The second-order valence-electron chi connectivity index (χ2n) is 7.80. The molecular weight excluding hydrogens is 416 g/mol. The highest BCUT2D eigenvalue weighted by molar-refractivity contribution is 5.90. The van der Waals surface area contributed by atoms with Crippen molar-refractivity contribution in [3.63, 3.8) is 0 Å². The van der Waals surface area contributed by atoms with Gasteiger partial charge in [-0.15, -0.1) is 0 Å². The van der Waals surface area contributed by atoms with Crippen molar-refractivity contribution < 1.29 is 19.1 Å². The molecule has 0 unspecified atom stereocenters. The molecule has 0 saturated carbocycles. The van der Waals surface area contributed by atoms with Crippen molar-refractivity contribution in [3.05, 3.63) is 101 Å². The topological polar surface area (TPSA) is 81.3 Å². The monoisotopic (exact) mass is 440 g/mol. The van der Waals surface area contributed by atoms with Crippen LogP contribution in [-0.2, 0) is 22.4 Å². The summed E-state index contributed by atoms with van der Waals surface area (Å²) in [5.74, 6) is 1.02. The van der Waals surface area contributed by atoms with E-state index >= 15 is 0 Å². The van der Waals surface area contributed by atoms with Gasteiger partial charge >= 0.3 is 5.97 Å². The van der Waals surface area contributed by atoms with Crippen LogP contribution in [-0.4, -0.2) is 28.8 Å². The number of nitrogens with one attached hydrogen (secondary N) is 1. The van der Waals surface area contributed by atoms with Crippen molar-refractivity contribution in [2.45, 2.75) is 19.8 Å². The largest absolute Gasteiger partial charge is 0.465 e. The molecule has 0 saturated heterocycles. The number of carbonyl (C=O) groups excluding carboxylic acids is 2. The number of pyridine rings is 1. The summed E-state index contributed by atoms with van der Waals surface area (Å²) in [4.78, 5) is 31.5. The third-order valence-corrected chi connectivity index (χ3v) is 5.16. The molecule has 6 nitrogen and oxygen atoms in total. The maximum absolute atomic E-state index is 12.4. The van der Waals surface area contributed by atoms with Crippen molar-refractivity contribution in [1.82, 2.24) is 9.97 Å². The van der Waals surface area contributed by atoms with Crippen LogP contribution in [0.1, 0.15) is 27.0 Å². The Balaban J connectivity index is 1.39. The fourth-order valence-corrected chi connectivity index (χ4v) is 3.55. The van der Waals surface area contributed by atoms with E-state index in [1.807, 2.05) is 55.5 Å². The van der Waals surface area contributed by atoms with Crippen molar-refractivity contribution >= 4 is 11.8 Å². The van der Waals surface area contributed by atoms with Gasteiger partial charge in [-0.3, -0.25) is 9.78 Å².